The number of carbonyl (C=O) groups excluding carboxylic acids is 1. The zero-order chi connectivity index (χ0) is 14.9. The Balaban J connectivity index is 2.60. The van der Waals surface area contributed by atoms with E-state index in [2.05, 4.69) is 23.3 Å². The number of hydrogen-bond acceptors (Lipinski definition) is 2. The summed E-state index contributed by atoms with van der Waals surface area (Å²) < 4.78 is 0. The van der Waals surface area contributed by atoms with Gasteiger partial charge in [-0.15, -0.1) is 0 Å². The highest BCUT2D eigenvalue weighted by Crippen LogP contribution is 2.23. The Kier molecular flexibility index (Phi) is 4.07. The molecular formula is C17H22N2O. The molecule has 0 bridgehead atoms. The summed E-state index contributed by atoms with van der Waals surface area (Å²) in [5.74, 6) is -0.0140. The lowest BCUT2D eigenvalue weighted by Gasteiger charge is -2.14. The van der Waals surface area contributed by atoms with Gasteiger partial charge in [0.2, 0.25) is 0 Å². The fourth-order valence-electron chi connectivity index (χ4n) is 2.40. The summed E-state index contributed by atoms with van der Waals surface area (Å²) in [5.41, 5.74) is 4.78. The van der Waals surface area contributed by atoms with Gasteiger partial charge in [-0.25, -0.2) is 0 Å². The van der Waals surface area contributed by atoms with E-state index in [0.717, 1.165) is 39.7 Å². The average Bonchev–Trinajstić information content (AvgIpc) is 2.38. The average molecular weight is 270 g/mol. The van der Waals surface area contributed by atoms with Crippen LogP contribution in [0.3, 0.4) is 0 Å². The van der Waals surface area contributed by atoms with Gasteiger partial charge in [-0.05, 0) is 51.8 Å². The van der Waals surface area contributed by atoms with Gasteiger partial charge in [0, 0.05) is 17.1 Å². The van der Waals surface area contributed by atoms with Gasteiger partial charge in [0.15, 0.2) is 0 Å². The minimum absolute atomic E-state index is 0.0140. The summed E-state index contributed by atoms with van der Waals surface area (Å²) >= 11 is 0. The molecular weight excluding hydrogens is 248 g/mol. The molecule has 106 valence electrons. The second kappa shape index (κ2) is 5.61. The van der Waals surface area contributed by atoms with Crippen molar-refractivity contribution in [2.75, 3.05) is 0 Å². The van der Waals surface area contributed by atoms with Crippen LogP contribution >= 0.6 is 0 Å². The summed E-state index contributed by atoms with van der Waals surface area (Å²) in [6.45, 7) is 10.1. The molecule has 20 heavy (non-hydrogen) atoms. The standard InChI is InChI=1S/C17H22N2O/c1-6-12(4)19-17(20)15-9-13(5)18-16-11(3)7-10(2)8-14(15)16/h7-9,12H,6H2,1-5H3,(H,19,20). The Labute approximate surface area is 120 Å². The van der Waals surface area contributed by atoms with E-state index in [-0.39, 0.29) is 11.9 Å². The van der Waals surface area contributed by atoms with Gasteiger partial charge in [-0.3, -0.25) is 9.78 Å². The predicted molar refractivity (Wildman–Crippen MR) is 83.2 cm³/mol. The van der Waals surface area contributed by atoms with Crippen molar-refractivity contribution >= 4 is 16.8 Å². The SMILES string of the molecule is CCC(C)NC(=O)c1cc(C)nc2c(C)cc(C)cc12. The molecule has 3 nitrogen and oxygen atoms in total. The molecule has 0 spiro atoms. The predicted octanol–water partition coefficient (Wildman–Crippen LogP) is 3.69. The maximum atomic E-state index is 12.5. The Morgan fingerprint density at radius 2 is 1.95 bits per heavy atom. The van der Waals surface area contributed by atoms with Crippen molar-refractivity contribution in [3.63, 3.8) is 0 Å². The van der Waals surface area contributed by atoms with Crippen LogP contribution in [0.2, 0.25) is 0 Å². The number of carbonyl (C=O) groups is 1. The lowest BCUT2D eigenvalue weighted by Crippen LogP contribution is -2.32. The molecule has 0 aliphatic carbocycles. The molecule has 0 aliphatic rings. The number of hydrogen-bond donors (Lipinski definition) is 1. The third-order valence-corrected chi connectivity index (χ3v) is 3.61. The molecule has 1 unspecified atom stereocenters. The number of pyridine rings is 1. The Hall–Kier alpha value is -1.90. The third-order valence-electron chi connectivity index (χ3n) is 3.61. The highest BCUT2D eigenvalue weighted by atomic mass is 16.1. The Bertz CT molecular complexity index is 662. The third kappa shape index (κ3) is 2.82. The molecule has 1 amide bonds. The van der Waals surface area contributed by atoms with Gasteiger partial charge in [0.25, 0.3) is 5.91 Å². The molecule has 0 saturated heterocycles. The van der Waals surface area contributed by atoms with Crippen LogP contribution in [0.25, 0.3) is 10.9 Å². The minimum Gasteiger partial charge on any atom is -0.350 e. The molecule has 2 rings (SSSR count). The normalized spacial score (nSPS) is 12.4. The summed E-state index contributed by atoms with van der Waals surface area (Å²) in [6, 6.07) is 6.20. The summed E-state index contributed by atoms with van der Waals surface area (Å²) in [5, 5.41) is 3.98. The van der Waals surface area contributed by atoms with Crippen molar-refractivity contribution in [3.05, 3.63) is 40.6 Å². The van der Waals surface area contributed by atoms with Crippen molar-refractivity contribution in [3.8, 4) is 0 Å². The first-order chi connectivity index (χ1) is 9.42. The van der Waals surface area contributed by atoms with Gasteiger partial charge in [-0.2, -0.15) is 0 Å². The molecule has 1 atom stereocenters. The van der Waals surface area contributed by atoms with Crippen molar-refractivity contribution in [1.82, 2.24) is 10.3 Å². The molecule has 1 heterocycles. The summed E-state index contributed by atoms with van der Waals surface area (Å²) in [6.07, 6.45) is 0.922. The number of fused-ring (bicyclic) bond motifs is 1. The smallest absolute Gasteiger partial charge is 0.252 e. The molecule has 0 fully saturated rings. The lowest BCUT2D eigenvalue weighted by molar-refractivity contribution is 0.0941. The van der Waals surface area contributed by atoms with Gasteiger partial charge in [0.05, 0.1) is 11.1 Å². The highest BCUT2D eigenvalue weighted by molar-refractivity contribution is 6.07. The van der Waals surface area contributed by atoms with E-state index < -0.39 is 0 Å². The van der Waals surface area contributed by atoms with Crippen molar-refractivity contribution in [1.29, 1.82) is 0 Å². The topological polar surface area (TPSA) is 42.0 Å². The first kappa shape index (κ1) is 14.5. The Morgan fingerprint density at radius 3 is 2.60 bits per heavy atom. The van der Waals surface area contributed by atoms with Crippen LogP contribution in [-0.4, -0.2) is 16.9 Å². The van der Waals surface area contributed by atoms with Gasteiger partial charge < -0.3 is 5.32 Å². The van der Waals surface area contributed by atoms with Crippen molar-refractivity contribution < 1.29 is 4.79 Å². The summed E-state index contributed by atoms with van der Waals surface area (Å²) in [4.78, 5) is 17.0. The quantitative estimate of drug-likeness (QED) is 0.924. The number of aromatic nitrogens is 1. The van der Waals surface area contributed by atoms with Crippen LogP contribution < -0.4 is 5.32 Å². The second-order valence-electron chi connectivity index (χ2n) is 5.57. The molecule has 0 aliphatic heterocycles. The van der Waals surface area contributed by atoms with Crippen molar-refractivity contribution in [2.45, 2.75) is 47.1 Å². The van der Waals surface area contributed by atoms with Crippen molar-refractivity contribution in [2.24, 2.45) is 0 Å². The van der Waals surface area contributed by atoms with E-state index >= 15 is 0 Å². The number of nitrogens with zero attached hydrogens (tertiary/aromatic N) is 1. The fraction of sp³-hybridized carbons (Fsp3) is 0.412. The fourth-order valence-corrected chi connectivity index (χ4v) is 2.40. The zero-order valence-corrected chi connectivity index (χ0v) is 12.9. The molecule has 3 heteroatoms. The lowest BCUT2D eigenvalue weighted by atomic mass is 10.0. The van der Waals surface area contributed by atoms with Crippen LogP contribution in [0.5, 0.6) is 0 Å². The van der Waals surface area contributed by atoms with E-state index in [4.69, 9.17) is 0 Å². The number of nitrogens with one attached hydrogen (secondary N) is 1. The molecule has 1 aromatic carbocycles. The van der Waals surface area contributed by atoms with E-state index in [1.54, 1.807) is 0 Å². The minimum atomic E-state index is -0.0140. The molecule has 1 aromatic heterocycles. The van der Waals surface area contributed by atoms with Crippen LogP contribution in [0, 0.1) is 20.8 Å². The molecule has 1 N–H and O–H groups in total. The number of rotatable bonds is 3. The summed E-state index contributed by atoms with van der Waals surface area (Å²) in [7, 11) is 0. The number of benzene rings is 1. The van der Waals surface area contributed by atoms with Crippen LogP contribution in [0.15, 0.2) is 18.2 Å². The Morgan fingerprint density at radius 1 is 1.25 bits per heavy atom. The van der Waals surface area contributed by atoms with E-state index in [1.165, 1.54) is 0 Å². The maximum Gasteiger partial charge on any atom is 0.252 e. The first-order valence-electron chi connectivity index (χ1n) is 7.11. The van der Waals surface area contributed by atoms with E-state index in [9.17, 15) is 4.79 Å². The van der Waals surface area contributed by atoms with Gasteiger partial charge >= 0.3 is 0 Å². The number of amides is 1. The van der Waals surface area contributed by atoms with E-state index in [0.29, 0.717) is 0 Å². The first-order valence-corrected chi connectivity index (χ1v) is 7.11. The van der Waals surface area contributed by atoms with Gasteiger partial charge in [-0.1, -0.05) is 18.6 Å². The molecule has 0 radical (unpaired) electrons. The maximum absolute atomic E-state index is 12.5. The molecule has 2 aromatic rings. The largest absolute Gasteiger partial charge is 0.350 e. The van der Waals surface area contributed by atoms with E-state index in [1.807, 2.05) is 39.8 Å². The van der Waals surface area contributed by atoms with Crippen LogP contribution in [-0.2, 0) is 0 Å². The zero-order valence-electron chi connectivity index (χ0n) is 12.9. The second-order valence-corrected chi connectivity index (χ2v) is 5.57. The van der Waals surface area contributed by atoms with Crippen LogP contribution in [0.1, 0.15) is 47.4 Å². The van der Waals surface area contributed by atoms with Gasteiger partial charge in [0.1, 0.15) is 0 Å². The highest BCUT2D eigenvalue weighted by Gasteiger charge is 2.15. The van der Waals surface area contributed by atoms with Crippen LogP contribution in [0.4, 0.5) is 0 Å². The molecule has 0 saturated carbocycles. The monoisotopic (exact) mass is 270 g/mol. The number of aryl methyl sites for hydroxylation is 3.